The van der Waals surface area contributed by atoms with Gasteiger partial charge in [0.1, 0.15) is 0 Å². The fraction of sp³-hybridized carbons (Fsp3) is 0.611. The van der Waals surface area contributed by atoms with Crippen LogP contribution in [0.4, 0.5) is 0 Å². The number of pyridine rings is 1. The predicted molar refractivity (Wildman–Crippen MR) is 112 cm³/mol. The summed E-state index contributed by atoms with van der Waals surface area (Å²) in [5.41, 5.74) is 3.32. The minimum atomic E-state index is -0.129. The zero-order chi connectivity index (χ0) is 18.1. The number of hydrogen-bond donors (Lipinski definition) is 3. The summed E-state index contributed by atoms with van der Waals surface area (Å²) in [6.07, 6.45) is 3.11. The van der Waals surface area contributed by atoms with Gasteiger partial charge in [0, 0.05) is 31.2 Å². The molecular weight excluding hydrogens is 389 g/mol. The molecule has 1 fully saturated rings. The van der Waals surface area contributed by atoms with Gasteiger partial charge in [-0.2, -0.15) is 0 Å². The molecule has 3 rings (SSSR count). The van der Waals surface area contributed by atoms with Crippen LogP contribution in [-0.4, -0.2) is 39.3 Å². The highest BCUT2D eigenvalue weighted by Crippen LogP contribution is 2.21. The van der Waals surface area contributed by atoms with Gasteiger partial charge in [0.05, 0.1) is 5.39 Å². The van der Waals surface area contributed by atoms with Crippen molar-refractivity contribution in [2.45, 2.75) is 58.5 Å². The number of fused-ring (bicyclic) bond motifs is 1. The zero-order valence-corrected chi connectivity index (χ0v) is 17.9. The molecule has 2 unspecified atom stereocenters. The van der Waals surface area contributed by atoms with Crippen LogP contribution < -0.4 is 16.2 Å². The molecule has 0 aromatic carbocycles. The highest BCUT2D eigenvalue weighted by molar-refractivity contribution is 5.85. The van der Waals surface area contributed by atoms with Crippen LogP contribution in [0.2, 0.25) is 0 Å². The van der Waals surface area contributed by atoms with Crippen molar-refractivity contribution in [2.24, 2.45) is 7.05 Å². The van der Waals surface area contributed by atoms with E-state index < -0.39 is 0 Å². The van der Waals surface area contributed by atoms with E-state index in [2.05, 4.69) is 27.6 Å². The average Bonchev–Trinajstić information content (AvgIpc) is 2.83. The maximum Gasteiger partial charge on any atom is 0.273 e. The fourth-order valence-corrected chi connectivity index (χ4v) is 3.77. The first-order valence-electron chi connectivity index (χ1n) is 8.96. The number of nitrogens with zero attached hydrogens (tertiary/aromatic N) is 2. The summed E-state index contributed by atoms with van der Waals surface area (Å²) in [6, 6.07) is 0.503. The van der Waals surface area contributed by atoms with E-state index in [4.69, 9.17) is 0 Å². The summed E-state index contributed by atoms with van der Waals surface area (Å²) in [5.74, 6) is 0.0569. The van der Waals surface area contributed by atoms with Crippen LogP contribution in [0.15, 0.2) is 4.79 Å². The predicted octanol–water partition coefficient (Wildman–Crippen LogP) is 1.91. The van der Waals surface area contributed by atoms with E-state index >= 15 is 0 Å². The Hall–Kier alpha value is -1.57. The maximum atomic E-state index is 12.4. The second-order valence-electron chi connectivity index (χ2n) is 7.06. The van der Waals surface area contributed by atoms with Gasteiger partial charge in [-0.3, -0.25) is 19.4 Å². The van der Waals surface area contributed by atoms with Crippen LogP contribution in [0.3, 0.4) is 0 Å². The number of aromatic amines is 1. The smallest absolute Gasteiger partial charge is 0.273 e. The van der Waals surface area contributed by atoms with E-state index in [0.717, 1.165) is 36.2 Å². The van der Waals surface area contributed by atoms with Crippen LogP contribution >= 0.6 is 24.8 Å². The number of carbonyl (C=O) groups excluding carboxylic acids is 1. The summed E-state index contributed by atoms with van der Waals surface area (Å²) < 4.78 is 1.64. The van der Waals surface area contributed by atoms with Gasteiger partial charge in [-0.15, -0.1) is 24.8 Å². The molecule has 3 heterocycles. The number of rotatable bonds is 4. The normalized spacial score (nSPS) is 19.3. The fourth-order valence-electron chi connectivity index (χ4n) is 3.77. The molecule has 3 N–H and O–H groups in total. The highest BCUT2D eigenvalue weighted by atomic mass is 35.5. The van der Waals surface area contributed by atoms with Gasteiger partial charge in [-0.25, -0.2) is 4.98 Å². The van der Waals surface area contributed by atoms with Crippen molar-refractivity contribution in [3.63, 3.8) is 0 Å². The van der Waals surface area contributed by atoms with Gasteiger partial charge in [-0.05, 0) is 57.7 Å². The Morgan fingerprint density at radius 2 is 2.04 bits per heavy atom. The molecule has 1 aliphatic heterocycles. The number of H-pyrrole nitrogens is 1. The van der Waals surface area contributed by atoms with Crippen molar-refractivity contribution < 1.29 is 4.79 Å². The first-order chi connectivity index (χ1) is 11.9. The van der Waals surface area contributed by atoms with E-state index in [9.17, 15) is 9.59 Å². The lowest BCUT2D eigenvalue weighted by Crippen LogP contribution is -2.51. The van der Waals surface area contributed by atoms with Crippen LogP contribution in [0.5, 0.6) is 0 Å². The number of carbonyl (C=O) groups is 1. The third-order valence-corrected chi connectivity index (χ3v) is 5.29. The minimum absolute atomic E-state index is 0. The van der Waals surface area contributed by atoms with Crippen molar-refractivity contribution >= 4 is 41.8 Å². The van der Waals surface area contributed by atoms with E-state index in [0.29, 0.717) is 29.9 Å². The quantitative estimate of drug-likeness (QED) is 0.708. The van der Waals surface area contributed by atoms with Crippen molar-refractivity contribution in [1.29, 1.82) is 0 Å². The monoisotopic (exact) mass is 417 g/mol. The number of amides is 1. The van der Waals surface area contributed by atoms with Crippen LogP contribution in [-0.2, 0) is 18.3 Å². The van der Waals surface area contributed by atoms with E-state index in [1.807, 2.05) is 13.8 Å². The Bertz CT molecular complexity index is 862. The Balaban J connectivity index is 0.00000182. The lowest BCUT2D eigenvalue weighted by Gasteiger charge is -2.30. The number of piperidine rings is 1. The summed E-state index contributed by atoms with van der Waals surface area (Å²) in [7, 11) is 1.78. The molecule has 1 saturated heterocycles. The molecule has 0 aliphatic carbocycles. The molecule has 9 heteroatoms. The Labute approximate surface area is 171 Å². The number of hydrogen-bond acceptors (Lipinski definition) is 4. The standard InChI is InChI=1S/C18H27N5O2.2ClH/c1-10-13(11(2)20-17-16(10)18(25)22-23(17)4)7-8-15(24)21-14-6-5-9-19-12(14)3;;/h12,14,19H,5-9H2,1-4H3,(H,21,24)(H,22,25);2*1H. The molecule has 7 nitrogen and oxygen atoms in total. The summed E-state index contributed by atoms with van der Waals surface area (Å²) in [5, 5.41) is 9.90. The molecule has 0 radical (unpaired) electrons. The van der Waals surface area contributed by atoms with Gasteiger partial charge in [0.2, 0.25) is 5.91 Å². The molecule has 27 heavy (non-hydrogen) atoms. The number of aromatic nitrogens is 3. The molecule has 1 aliphatic rings. The van der Waals surface area contributed by atoms with E-state index in [1.165, 1.54) is 0 Å². The van der Waals surface area contributed by atoms with Gasteiger partial charge in [0.15, 0.2) is 5.65 Å². The highest BCUT2D eigenvalue weighted by Gasteiger charge is 2.22. The average molecular weight is 418 g/mol. The van der Waals surface area contributed by atoms with Crippen molar-refractivity contribution in [3.8, 4) is 0 Å². The molecule has 152 valence electrons. The van der Waals surface area contributed by atoms with Crippen LogP contribution in [0, 0.1) is 13.8 Å². The second-order valence-corrected chi connectivity index (χ2v) is 7.06. The number of halogens is 2. The molecule has 0 bridgehead atoms. The van der Waals surface area contributed by atoms with E-state index in [-0.39, 0.29) is 42.3 Å². The largest absolute Gasteiger partial charge is 0.352 e. The Morgan fingerprint density at radius 1 is 1.33 bits per heavy atom. The Morgan fingerprint density at radius 3 is 2.70 bits per heavy atom. The first kappa shape index (κ1) is 23.5. The molecule has 1 amide bonds. The lowest BCUT2D eigenvalue weighted by molar-refractivity contribution is -0.122. The first-order valence-corrected chi connectivity index (χ1v) is 8.96. The third kappa shape index (κ3) is 4.83. The van der Waals surface area contributed by atoms with Crippen LogP contribution in [0.25, 0.3) is 11.0 Å². The van der Waals surface area contributed by atoms with Crippen molar-refractivity contribution in [1.82, 2.24) is 25.4 Å². The molecule has 2 atom stereocenters. The minimum Gasteiger partial charge on any atom is -0.352 e. The number of aryl methyl sites for hydroxylation is 3. The Kier molecular flexibility index (Phi) is 8.32. The van der Waals surface area contributed by atoms with Gasteiger partial charge in [-0.1, -0.05) is 0 Å². The van der Waals surface area contributed by atoms with Crippen molar-refractivity contribution in [3.05, 3.63) is 27.2 Å². The molecule has 2 aromatic rings. The molecule has 0 spiro atoms. The zero-order valence-electron chi connectivity index (χ0n) is 16.2. The molecule has 0 saturated carbocycles. The maximum absolute atomic E-state index is 12.4. The van der Waals surface area contributed by atoms with Crippen molar-refractivity contribution in [2.75, 3.05) is 6.54 Å². The molecule has 2 aromatic heterocycles. The van der Waals surface area contributed by atoms with E-state index in [1.54, 1.807) is 11.7 Å². The topological polar surface area (TPSA) is 91.8 Å². The van der Waals surface area contributed by atoms with Crippen LogP contribution in [0.1, 0.15) is 43.0 Å². The third-order valence-electron chi connectivity index (χ3n) is 5.29. The van der Waals surface area contributed by atoms with Gasteiger partial charge in [0.25, 0.3) is 5.56 Å². The number of nitrogens with one attached hydrogen (secondary N) is 3. The van der Waals surface area contributed by atoms with Gasteiger partial charge >= 0.3 is 0 Å². The van der Waals surface area contributed by atoms with Gasteiger partial charge < -0.3 is 10.6 Å². The summed E-state index contributed by atoms with van der Waals surface area (Å²) in [6.45, 7) is 7.00. The lowest BCUT2D eigenvalue weighted by atomic mass is 9.98. The second kappa shape index (κ2) is 9.57. The molecular formula is C18H29Cl2N5O2. The summed E-state index contributed by atoms with van der Waals surface area (Å²) in [4.78, 5) is 29.0. The summed E-state index contributed by atoms with van der Waals surface area (Å²) >= 11 is 0. The SMILES string of the molecule is Cc1nc2c(c(C)c1CCC(=O)NC1CCCNC1C)c(=O)[nH]n2C.Cl.Cl.